The number of fused-ring (bicyclic) bond motifs is 2. The summed E-state index contributed by atoms with van der Waals surface area (Å²) in [6, 6.07) is 35.3. The van der Waals surface area contributed by atoms with Gasteiger partial charge < -0.3 is 0 Å². The van der Waals surface area contributed by atoms with Crippen LogP contribution in [-0.4, -0.2) is 9.52 Å². The Hall–Kier alpha value is -3.42. The van der Waals surface area contributed by atoms with E-state index in [1.807, 2.05) is 0 Å². The van der Waals surface area contributed by atoms with Crippen LogP contribution in [0.25, 0.3) is 34.4 Å². The third kappa shape index (κ3) is 7.99. The second-order valence-corrected chi connectivity index (χ2v) is 18.4. The molecule has 0 nitrogen and oxygen atoms in total. The Morgan fingerprint density at radius 2 is 0.878 bits per heavy atom. The first-order valence-corrected chi connectivity index (χ1v) is 20.4. The summed E-state index contributed by atoms with van der Waals surface area (Å²) in [5, 5.41) is 0. The van der Waals surface area contributed by atoms with E-state index in [9.17, 15) is 0 Å². The van der Waals surface area contributed by atoms with E-state index in [0.29, 0.717) is 11.8 Å². The molecule has 254 valence electrons. The predicted octanol–water partition coefficient (Wildman–Crippen LogP) is 14.2. The molecular weight excluding hydrogens is 605 g/mol. The van der Waals surface area contributed by atoms with Gasteiger partial charge in [0.1, 0.15) is 0 Å². The molecule has 2 unspecified atom stereocenters. The average molecular weight is 663 g/mol. The van der Waals surface area contributed by atoms with Crippen LogP contribution in [0.4, 0.5) is 0 Å². The molecule has 0 saturated heterocycles. The van der Waals surface area contributed by atoms with E-state index in [0.717, 1.165) is 9.52 Å². The van der Waals surface area contributed by atoms with Crippen LogP contribution >= 0.6 is 0 Å². The molecule has 0 spiro atoms. The summed E-state index contributed by atoms with van der Waals surface area (Å²) in [4.78, 5) is 0. The summed E-state index contributed by atoms with van der Waals surface area (Å²) in [6.45, 7) is 18.4. The summed E-state index contributed by atoms with van der Waals surface area (Å²) < 4.78 is 0. The smallest absolute Gasteiger partial charge is 0.0378 e. The highest BCUT2D eigenvalue weighted by Crippen LogP contribution is 2.45. The highest BCUT2D eigenvalue weighted by atomic mass is 28.2. The van der Waals surface area contributed by atoms with Crippen molar-refractivity contribution in [3.8, 4) is 22.3 Å². The highest BCUT2D eigenvalue weighted by molar-refractivity contribution is 6.35. The van der Waals surface area contributed by atoms with E-state index in [-0.39, 0.29) is 10.8 Å². The van der Waals surface area contributed by atoms with E-state index < -0.39 is 0 Å². The van der Waals surface area contributed by atoms with Gasteiger partial charge in [-0.1, -0.05) is 188 Å². The van der Waals surface area contributed by atoms with Crippen molar-refractivity contribution in [1.82, 2.24) is 0 Å². The molecule has 0 saturated carbocycles. The maximum absolute atomic E-state index is 2.47. The Kier molecular flexibility index (Phi) is 10.7. The fourth-order valence-electron chi connectivity index (χ4n) is 8.13. The minimum Gasteiger partial charge on any atom is -0.0652 e. The van der Waals surface area contributed by atoms with Gasteiger partial charge in [-0.2, -0.15) is 0 Å². The van der Waals surface area contributed by atoms with Gasteiger partial charge in [0, 0.05) is 21.4 Å². The second-order valence-electron chi connectivity index (χ2n) is 16.9. The largest absolute Gasteiger partial charge is 0.0652 e. The number of benzene rings is 4. The minimum atomic E-state index is 0.184. The zero-order valence-corrected chi connectivity index (χ0v) is 32.5. The van der Waals surface area contributed by atoms with Crippen molar-refractivity contribution in [2.45, 2.75) is 129 Å². The maximum Gasteiger partial charge on any atom is 0.0378 e. The first-order chi connectivity index (χ1) is 23.4. The second kappa shape index (κ2) is 14.8. The van der Waals surface area contributed by atoms with Crippen molar-refractivity contribution < 1.29 is 0 Å². The molecule has 2 atom stereocenters. The number of hydrogen-bond donors (Lipinski definition) is 0. The van der Waals surface area contributed by atoms with Crippen LogP contribution in [0, 0.1) is 0 Å². The lowest BCUT2D eigenvalue weighted by Crippen LogP contribution is -2.10. The minimum absolute atomic E-state index is 0.184. The van der Waals surface area contributed by atoms with Crippen LogP contribution < -0.4 is 0 Å². The van der Waals surface area contributed by atoms with Gasteiger partial charge in [-0.15, -0.1) is 0 Å². The monoisotopic (exact) mass is 662 g/mol. The molecule has 0 bridgehead atoms. The molecule has 0 fully saturated rings. The van der Waals surface area contributed by atoms with Gasteiger partial charge in [-0.25, -0.2) is 0 Å². The lowest BCUT2D eigenvalue weighted by molar-refractivity contribution is 0.590. The molecule has 0 aromatic heterocycles. The Morgan fingerprint density at radius 1 is 0.490 bits per heavy atom. The van der Waals surface area contributed by atoms with Crippen LogP contribution in [0.2, 0.25) is 12.1 Å². The molecule has 49 heavy (non-hydrogen) atoms. The van der Waals surface area contributed by atoms with Crippen LogP contribution in [-0.2, 0) is 10.8 Å². The van der Waals surface area contributed by atoms with Gasteiger partial charge in [0.15, 0.2) is 0 Å². The number of allylic oxidation sites excluding steroid dienone is 2. The summed E-state index contributed by atoms with van der Waals surface area (Å²) >= 11 is 0. The zero-order chi connectivity index (χ0) is 34.8. The third-order valence-corrected chi connectivity index (χ3v) is 12.6. The molecule has 0 heterocycles. The van der Waals surface area contributed by atoms with Gasteiger partial charge in [-0.05, 0) is 93.2 Å². The average Bonchev–Trinajstić information content (AvgIpc) is 3.57. The van der Waals surface area contributed by atoms with Crippen molar-refractivity contribution in [2.75, 3.05) is 0 Å². The first-order valence-electron chi connectivity index (χ1n) is 19.0. The molecule has 6 rings (SSSR count). The van der Waals surface area contributed by atoms with Gasteiger partial charge in [-0.3, -0.25) is 0 Å². The van der Waals surface area contributed by atoms with Crippen LogP contribution in [0.15, 0.2) is 96.1 Å². The van der Waals surface area contributed by atoms with Gasteiger partial charge in [0.05, 0.1) is 0 Å². The Bertz CT molecular complexity index is 1670. The summed E-state index contributed by atoms with van der Waals surface area (Å²) in [5.41, 5.74) is 17.7. The van der Waals surface area contributed by atoms with Crippen molar-refractivity contribution >= 4 is 21.7 Å². The normalized spacial score (nSPS) is 17.1. The Morgan fingerprint density at radius 3 is 1.24 bits per heavy atom. The lowest BCUT2D eigenvalue weighted by Gasteiger charge is -2.20. The van der Waals surface area contributed by atoms with E-state index in [2.05, 4.69) is 152 Å². The van der Waals surface area contributed by atoms with Gasteiger partial charge in [0.2, 0.25) is 0 Å². The van der Waals surface area contributed by atoms with Crippen LogP contribution in [0.3, 0.4) is 0 Å². The summed E-state index contributed by atoms with van der Waals surface area (Å²) in [5.74, 6) is 1.17. The van der Waals surface area contributed by atoms with Crippen molar-refractivity contribution in [3.05, 3.63) is 129 Å². The molecule has 0 N–H and O–H groups in total. The highest BCUT2D eigenvalue weighted by Gasteiger charge is 2.26. The Balaban J connectivity index is 0.939. The summed E-state index contributed by atoms with van der Waals surface area (Å²) in [6.07, 6.45) is 12.9. The maximum atomic E-state index is 2.47. The van der Waals surface area contributed by atoms with Crippen LogP contribution in [0.1, 0.15) is 139 Å². The molecule has 0 amide bonds. The molecule has 0 aliphatic heterocycles. The van der Waals surface area contributed by atoms with E-state index >= 15 is 0 Å². The molecular formula is C48H58Si. The van der Waals surface area contributed by atoms with Crippen LogP contribution in [0.5, 0.6) is 0 Å². The topological polar surface area (TPSA) is 0 Å². The fourth-order valence-corrected chi connectivity index (χ4v) is 9.38. The predicted molar refractivity (Wildman–Crippen MR) is 217 cm³/mol. The molecule has 1 heteroatoms. The fraction of sp³-hybridized carbons (Fsp3) is 0.417. The number of hydrogen-bond acceptors (Lipinski definition) is 0. The lowest BCUT2D eigenvalue weighted by atomic mass is 9.85. The summed E-state index contributed by atoms with van der Waals surface area (Å²) in [7, 11) is 1.11. The molecule has 2 radical (unpaired) electrons. The third-order valence-electron chi connectivity index (χ3n) is 11.2. The molecule has 4 aromatic rings. The zero-order valence-electron chi connectivity index (χ0n) is 31.5. The van der Waals surface area contributed by atoms with Gasteiger partial charge in [0.25, 0.3) is 0 Å². The van der Waals surface area contributed by atoms with Crippen molar-refractivity contribution in [1.29, 1.82) is 0 Å². The van der Waals surface area contributed by atoms with Gasteiger partial charge >= 0.3 is 0 Å². The van der Waals surface area contributed by atoms with E-state index in [4.69, 9.17) is 0 Å². The molecule has 2 aliphatic rings. The standard InChI is InChI=1S/C48H58Si/c1-33-31-45-41(35-21-25-37(26-22-35)47(3,4)5)17-13-19-43(45)39(33)15-9-11-29-49-30-12-10-16-40-34(2)32-46-42(18-14-20-44(40)46)36-23-27-38(28-24-36)48(6,7)8/h13-14,17-28,31-32,39-40H,9-12,15-16,29-30H2,1-8H3. The van der Waals surface area contributed by atoms with Crippen molar-refractivity contribution in [2.24, 2.45) is 0 Å². The number of rotatable bonds is 12. The van der Waals surface area contributed by atoms with Crippen molar-refractivity contribution in [3.63, 3.8) is 0 Å². The SMILES string of the molecule is CC1=Cc2c(-c3ccc(C(C)(C)C)cc3)cccc2C1CCCC[Si]CCCCC1C(C)=Cc2c(-c3ccc(C(C)(C)C)cc3)cccc21. The number of unbranched alkanes of at least 4 members (excludes halogenated alkanes) is 2. The first kappa shape index (κ1) is 35.4. The van der Waals surface area contributed by atoms with E-state index in [1.54, 1.807) is 22.3 Å². The molecule has 4 aromatic carbocycles. The Labute approximate surface area is 301 Å². The quantitative estimate of drug-likeness (QED) is 0.105. The van der Waals surface area contributed by atoms with E-state index in [1.165, 1.54) is 95.1 Å². The molecule has 2 aliphatic carbocycles.